The second kappa shape index (κ2) is 7.16. The predicted octanol–water partition coefficient (Wildman–Crippen LogP) is 1.70. The molecule has 0 unspecified atom stereocenters. The van der Waals surface area contributed by atoms with E-state index < -0.39 is 0 Å². The van der Waals surface area contributed by atoms with Crippen LogP contribution in [0.4, 0.5) is 0 Å². The number of aromatic amines is 1. The molecule has 1 aromatic carbocycles. The number of carbonyl (C=O) groups is 1. The molecule has 0 amide bonds. The maximum atomic E-state index is 12.5. The van der Waals surface area contributed by atoms with Gasteiger partial charge in [-0.05, 0) is 24.5 Å². The van der Waals surface area contributed by atoms with Crippen molar-refractivity contribution in [2.45, 2.75) is 31.2 Å². The topological polar surface area (TPSA) is 86.8 Å². The number of aliphatic hydroxyl groups is 1. The van der Waals surface area contributed by atoms with Gasteiger partial charge in [0.15, 0.2) is 0 Å². The Morgan fingerprint density at radius 3 is 2.90 bits per heavy atom. The first-order valence-electron chi connectivity index (χ1n) is 10.2. The van der Waals surface area contributed by atoms with Crippen LogP contribution in [0.15, 0.2) is 36.0 Å². The predicted molar refractivity (Wildman–Crippen MR) is 108 cm³/mol. The standard InChI is InChI=1S/C22H27N3O4/c1-28-21-19-14(15(10-23-21)22(27)29-2)9-17-20-13(7-8-25(17)18(19)11-26)12-5-3-4-6-16(12)24-20/h3-6,10,14,17-19,21,23-24,26H,7-9,11H2,1-2H3/t14-,17-,18+,19-,21+/m1/s1. The van der Waals surface area contributed by atoms with Crippen LogP contribution in [0.5, 0.6) is 0 Å². The number of methoxy groups -OCH3 is 2. The third-order valence-corrected chi connectivity index (χ3v) is 7.03. The van der Waals surface area contributed by atoms with Crippen molar-refractivity contribution in [2.75, 3.05) is 27.4 Å². The fourth-order valence-electron chi connectivity index (χ4n) is 5.79. The molecule has 0 aliphatic carbocycles. The molecule has 0 radical (unpaired) electrons. The fraction of sp³-hybridized carbons (Fsp3) is 0.500. The van der Waals surface area contributed by atoms with Crippen LogP contribution in [-0.4, -0.2) is 60.6 Å². The maximum absolute atomic E-state index is 12.5. The van der Waals surface area contributed by atoms with Crippen LogP contribution in [0.3, 0.4) is 0 Å². The molecule has 1 saturated heterocycles. The lowest BCUT2D eigenvalue weighted by atomic mass is 9.69. The van der Waals surface area contributed by atoms with Gasteiger partial charge < -0.3 is 24.9 Å². The normalized spacial score (nSPS) is 31.3. The molecule has 1 fully saturated rings. The van der Waals surface area contributed by atoms with Gasteiger partial charge in [0.1, 0.15) is 6.23 Å². The van der Waals surface area contributed by atoms with Crippen molar-refractivity contribution in [3.8, 4) is 0 Å². The number of piperidine rings is 1. The molecule has 3 aliphatic rings. The second-order valence-corrected chi connectivity index (χ2v) is 8.15. The van der Waals surface area contributed by atoms with E-state index in [1.54, 1.807) is 13.3 Å². The number of esters is 1. The molecule has 0 saturated carbocycles. The van der Waals surface area contributed by atoms with Crippen molar-refractivity contribution in [2.24, 2.45) is 11.8 Å². The summed E-state index contributed by atoms with van der Waals surface area (Å²) in [6.07, 6.45) is 3.20. The van der Waals surface area contributed by atoms with Crippen LogP contribution in [-0.2, 0) is 20.7 Å². The summed E-state index contributed by atoms with van der Waals surface area (Å²) in [5, 5.41) is 14.9. The quantitative estimate of drug-likeness (QED) is 0.684. The van der Waals surface area contributed by atoms with Gasteiger partial charge in [-0.1, -0.05) is 18.2 Å². The molecule has 5 atom stereocenters. The number of nitrogens with zero attached hydrogens (tertiary/aromatic N) is 1. The highest BCUT2D eigenvalue weighted by Gasteiger charge is 2.52. The molecule has 1 aromatic heterocycles. The van der Waals surface area contributed by atoms with E-state index in [-0.39, 0.29) is 42.7 Å². The highest BCUT2D eigenvalue weighted by molar-refractivity contribution is 5.89. The van der Waals surface area contributed by atoms with Crippen molar-refractivity contribution >= 4 is 16.9 Å². The zero-order chi connectivity index (χ0) is 20.1. The molecular formula is C22H27N3O4. The van der Waals surface area contributed by atoms with E-state index in [0.29, 0.717) is 5.57 Å². The average Bonchev–Trinajstić information content (AvgIpc) is 3.15. The Morgan fingerprint density at radius 2 is 2.14 bits per heavy atom. The van der Waals surface area contributed by atoms with Crippen molar-refractivity contribution in [3.63, 3.8) is 0 Å². The lowest BCUT2D eigenvalue weighted by Gasteiger charge is -2.54. The van der Waals surface area contributed by atoms with Gasteiger partial charge in [-0.25, -0.2) is 4.79 Å². The van der Waals surface area contributed by atoms with E-state index >= 15 is 0 Å². The van der Waals surface area contributed by atoms with Crippen LogP contribution >= 0.6 is 0 Å². The number of hydrogen-bond donors (Lipinski definition) is 3. The number of hydrogen-bond acceptors (Lipinski definition) is 6. The number of rotatable bonds is 3. The number of H-pyrrole nitrogens is 1. The molecule has 0 bridgehead atoms. The zero-order valence-corrected chi connectivity index (χ0v) is 16.7. The number of nitrogens with one attached hydrogen (secondary N) is 2. The van der Waals surface area contributed by atoms with Crippen LogP contribution in [0.2, 0.25) is 0 Å². The van der Waals surface area contributed by atoms with Crippen LogP contribution in [0, 0.1) is 11.8 Å². The second-order valence-electron chi connectivity index (χ2n) is 8.15. The van der Waals surface area contributed by atoms with E-state index in [1.165, 1.54) is 23.8 Å². The summed E-state index contributed by atoms with van der Waals surface area (Å²) < 4.78 is 10.8. The molecule has 29 heavy (non-hydrogen) atoms. The van der Waals surface area contributed by atoms with Gasteiger partial charge in [-0.2, -0.15) is 0 Å². The average molecular weight is 397 g/mol. The molecule has 3 N–H and O–H groups in total. The third-order valence-electron chi connectivity index (χ3n) is 7.03. The lowest BCUT2D eigenvalue weighted by molar-refractivity contribution is -0.140. The molecule has 0 spiro atoms. The molecule has 5 rings (SSSR count). The molecule has 7 nitrogen and oxygen atoms in total. The van der Waals surface area contributed by atoms with E-state index in [2.05, 4.69) is 33.4 Å². The Morgan fingerprint density at radius 1 is 1.31 bits per heavy atom. The minimum Gasteiger partial charge on any atom is -0.466 e. The van der Waals surface area contributed by atoms with Crippen molar-refractivity contribution in [1.29, 1.82) is 0 Å². The van der Waals surface area contributed by atoms with Crippen LogP contribution in [0.25, 0.3) is 10.9 Å². The van der Waals surface area contributed by atoms with Crippen LogP contribution < -0.4 is 5.32 Å². The lowest BCUT2D eigenvalue weighted by Crippen LogP contribution is -2.62. The first-order chi connectivity index (χ1) is 14.2. The molecule has 7 heteroatoms. The van der Waals surface area contributed by atoms with Crippen molar-refractivity contribution in [1.82, 2.24) is 15.2 Å². The molecular weight excluding hydrogens is 370 g/mol. The molecule has 2 aromatic rings. The number of fused-ring (bicyclic) bond motifs is 6. The van der Waals surface area contributed by atoms with Crippen LogP contribution in [0.1, 0.15) is 23.7 Å². The Bertz CT molecular complexity index is 968. The smallest absolute Gasteiger partial charge is 0.335 e. The number of ether oxygens (including phenoxy) is 2. The van der Waals surface area contributed by atoms with Crippen molar-refractivity contribution in [3.05, 3.63) is 47.3 Å². The molecule has 3 aliphatic heterocycles. The summed E-state index contributed by atoms with van der Waals surface area (Å²) in [7, 11) is 3.08. The number of benzene rings is 1. The summed E-state index contributed by atoms with van der Waals surface area (Å²) in [6, 6.07) is 8.41. The highest BCUT2D eigenvalue weighted by Crippen LogP contribution is 2.49. The van der Waals surface area contributed by atoms with Gasteiger partial charge in [0.05, 0.1) is 25.3 Å². The van der Waals surface area contributed by atoms with E-state index in [0.717, 1.165) is 24.9 Å². The minimum atomic E-state index is -0.320. The maximum Gasteiger partial charge on any atom is 0.335 e. The first-order valence-corrected chi connectivity index (χ1v) is 10.2. The van der Waals surface area contributed by atoms with Gasteiger partial charge in [-0.15, -0.1) is 0 Å². The number of aromatic nitrogens is 1. The number of para-hydroxylation sites is 1. The zero-order valence-electron chi connectivity index (χ0n) is 16.7. The van der Waals surface area contributed by atoms with E-state index in [9.17, 15) is 9.90 Å². The largest absolute Gasteiger partial charge is 0.466 e. The monoisotopic (exact) mass is 397 g/mol. The van der Waals surface area contributed by atoms with E-state index in [4.69, 9.17) is 9.47 Å². The molecule has 4 heterocycles. The fourth-order valence-corrected chi connectivity index (χ4v) is 5.79. The number of aliphatic hydroxyl groups excluding tert-OH is 1. The summed E-state index contributed by atoms with van der Waals surface area (Å²) in [5.74, 6) is -0.407. The summed E-state index contributed by atoms with van der Waals surface area (Å²) in [4.78, 5) is 18.5. The van der Waals surface area contributed by atoms with Gasteiger partial charge in [0, 0.05) is 54.3 Å². The summed E-state index contributed by atoms with van der Waals surface area (Å²) >= 11 is 0. The Balaban J connectivity index is 1.61. The SMILES string of the molecule is COC(=O)C1=CN[C@@H](OC)[C@@H]2[C@@H]1C[C@@H]1c3[nH]c4ccccc4c3CCN1[C@H]2CO. The first kappa shape index (κ1) is 18.7. The van der Waals surface area contributed by atoms with E-state index in [1.807, 2.05) is 6.07 Å². The van der Waals surface area contributed by atoms with Gasteiger partial charge in [0.2, 0.25) is 0 Å². The Hall–Kier alpha value is -2.35. The van der Waals surface area contributed by atoms with Gasteiger partial charge in [0.25, 0.3) is 0 Å². The van der Waals surface area contributed by atoms with Gasteiger partial charge >= 0.3 is 5.97 Å². The third kappa shape index (κ3) is 2.72. The minimum absolute atomic E-state index is 0.0171. The highest BCUT2D eigenvalue weighted by atomic mass is 16.5. The summed E-state index contributed by atoms with van der Waals surface area (Å²) in [5.41, 5.74) is 4.35. The Kier molecular flexibility index (Phi) is 4.61. The molecule has 154 valence electrons. The number of carbonyl (C=O) groups excluding carboxylic acids is 1. The van der Waals surface area contributed by atoms with Gasteiger partial charge in [-0.3, -0.25) is 4.90 Å². The van der Waals surface area contributed by atoms with Crippen molar-refractivity contribution < 1.29 is 19.4 Å². The summed E-state index contributed by atoms with van der Waals surface area (Å²) in [6.45, 7) is 0.894. The Labute approximate surface area is 169 Å².